The van der Waals surface area contributed by atoms with Crippen molar-refractivity contribution in [3.05, 3.63) is 87.4 Å². The average molecular weight is 390 g/mol. The molecule has 3 rings (SSSR count). The van der Waals surface area contributed by atoms with E-state index < -0.39 is 16.1 Å². The summed E-state index contributed by atoms with van der Waals surface area (Å²) in [7, 11) is -2.13. The van der Waals surface area contributed by atoms with Crippen LogP contribution in [0.5, 0.6) is 0 Å². The molecule has 2 aromatic carbocycles. The summed E-state index contributed by atoms with van der Waals surface area (Å²) in [5, 5.41) is 0. The maximum Gasteiger partial charge on any atom is 0.244 e. The minimum Gasteiger partial charge on any atom is -0.207 e. The van der Waals surface area contributed by atoms with Crippen LogP contribution in [0.3, 0.4) is 0 Å². The highest BCUT2D eigenvalue weighted by Gasteiger charge is 2.32. The fourth-order valence-electron chi connectivity index (χ4n) is 3.05. The fraction of sp³-hybridized carbons (Fsp3) is 0.200. The summed E-state index contributed by atoms with van der Waals surface area (Å²) in [5.41, 5.74) is 1.54. The van der Waals surface area contributed by atoms with E-state index in [-0.39, 0.29) is 5.82 Å². The van der Waals surface area contributed by atoms with Crippen LogP contribution < -0.4 is 0 Å². The minimum atomic E-state index is -3.70. The Kier molecular flexibility index (Phi) is 5.27. The zero-order valence-electron chi connectivity index (χ0n) is 14.8. The molecule has 1 unspecified atom stereocenters. The largest absolute Gasteiger partial charge is 0.244 e. The molecule has 0 saturated carbocycles. The first-order valence-electron chi connectivity index (χ1n) is 8.16. The van der Waals surface area contributed by atoms with Gasteiger partial charge in [-0.25, -0.2) is 12.8 Å². The third-order valence-corrected chi connectivity index (χ3v) is 7.36. The molecule has 0 saturated heterocycles. The van der Waals surface area contributed by atoms with Gasteiger partial charge in [-0.2, -0.15) is 4.31 Å². The highest BCUT2D eigenvalue weighted by molar-refractivity contribution is 7.89. The molecule has 3 aromatic rings. The minimum absolute atomic E-state index is 0.325. The third kappa shape index (κ3) is 3.58. The molecule has 0 radical (unpaired) electrons. The zero-order chi connectivity index (χ0) is 18.9. The number of halogens is 1. The van der Waals surface area contributed by atoms with Crippen molar-refractivity contribution in [1.82, 2.24) is 4.31 Å². The summed E-state index contributed by atoms with van der Waals surface area (Å²) >= 11 is 1.46. The molecule has 0 amide bonds. The molecule has 3 nitrogen and oxygen atoms in total. The quantitative estimate of drug-likeness (QED) is 0.621. The van der Waals surface area contributed by atoms with E-state index in [0.717, 1.165) is 15.3 Å². The van der Waals surface area contributed by atoms with Crippen LogP contribution in [0, 0.1) is 19.7 Å². The number of hydrogen-bond acceptors (Lipinski definition) is 3. The molecule has 0 aliphatic heterocycles. The van der Waals surface area contributed by atoms with Crippen molar-refractivity contribution in [3.8, 4) is 0 Å². The van der Waals surface area contributed by atoms with Crippen LogP contribution in [0.1, 0.15) is 26.9 Å². The number of benzene rings is 2. The predicted molar refractivity (Wildman–Crippen MR) is 103 cm³/mol. The van der Waals surface area contributed by atoms with Gasteiger partial charge in [0.2, 0.25) is 10.0 Å². The monoisotopic (exact) mass is 389 g/mol. The second-order valence-corrected chi connectivity index (χ2v) is 9.59. The summed E-state index contributed by atoms with van der Waals surface area (Å²) in [6, 6.07) is 16.5. The summed E-state index contributed by atoms with van der Waals surface area (Å²) in [6.07, 6.45) is 0. The topological polar surface area (TPSA) is 37.4 Å². The maximum atomic E-state index is 13.4. The van der Waals surface area contributed by atoms with Crippen molar-refractivity contribution in [3.63, 3.8) is 0 Å². The lowest BCUT2D eigenvalue weighted by atomic mass is 9.99. The van der Waals surface area contributed by atoms with Gasteiger partial charge in [0.05, 0.1) is 10.9 Å². The molecule has 26 heavy (non-hydrogen) atoms. The summed E-state index contributed by atoms with van der Waals surface area (Å²) < 4.78 is 41.3. The first-order chi connectivity index (χ1) is 12.3. The van der Waals surface area contributed by atoms with Crippen molar-refractivity contribution in [2.75, 3.05) is 7.05 Å². The second-order valence-electron chi connectivity index (χ2n) is 6.16. The molecule has 0 aliphatic rings. The van der Waals surface area contributed by atoms with Crippen LogP contribution in [0.15, 0.2) is 65.6 Å². The van der Waals surface area contributed by atoms with Crippen LogP contribution >= 0.6 is 11.3 Å². The molecular weight excluding hydrogens is 369 g/mol. The zero-order valence-corrected chi connectivity index (χ0v) is 16.4. The smallest absolute Gasteiger partial charge is 0.207 e. The van der Waals surface area contributed by atoms with E-state index in [1.807, 2.05) is 44.2 Å². The van der Waals surface area contributed by atoms with Gasteiger partial charge in [0.15, 0.2) is 0 Å². The van der Waals surface area contributed by atoms with E-state index in [2.05, 4.69) is 0 Å². The molecule has 1 heterocycles. The second kappa shape index (κ2) is 7.31. The van der Waals surface area contributed by atoms with Gasteiger partial charge in [0.25, 0.3) is 0 Å². The fourth-order valence-corrected chi connectivity index (χ4v) is 5.91. The van der Waals surface area contributed by atoms with Gasteiger partial charge in [-0.15, -0.1) is 11.3 Å². The van der Waals surface area contributed by atoms with Crippen molar-refractivity contribution >= 4 is 21.4 Å². The highest BCUT2D eigenvalue weighted by atomic mass is 32.2. The van der Waals surface area contributed by atoms with Crippen LogP contribution in [0.2, 0.25) is 0 Å². The molecular formula is C20H20FNO2S2. The molecule has 0 spiro atoms. The molecule has 0 N–H and O–H groups in total. The molecule has 0 aliphatic carbocycles. The Morgan fingerprint density at radius 2 is 1.54 bits per heavy atom. The number of thiophene rings is 1. The highest BCUT2D eigenvalue weighted by Crippen LogP contribution is 2.35. The van der Waals surface area contributed by atoms with Crippen LogP contribution in [0.4, 0.5) is 4.39 Å². The molecule has 0 bridgehead atoms. The number of rotatable bonds is 5. The van der Waals surface area contributed by atoms with E-state index in [9.17, 15) is 12.8 Å². The number of hydrogen-bond donors (Lipinski definition) is 0. The number of sulfonamides is 1. The Morgan fingerprint density at radius 1 is 0.962 bits per heavy atom. The molecule has 1 atom stereocenters. The van der Waals surface area contributed by atoms with Crippen molar-refractivity contribution < 1.29 is 12.8 Å². The van der Waals surface area contributed by atoms with Gasteiger partial charge in [-0.1, -0.05) is 42.5 Å². The summed E-state index contributed by atoms with van der Waals surface area (Å²) in [4.78, 5) is 2.04. The van der Waals surface area contributed by atoms with E-state index in [0.29, 0.717) is 10.5 Å². The van der Waals surface area contributed by atoms with E-state index in [1.54, 1.807) is 25.2 Å². The lowest BCUT2D eigenvalue weighted by Gasteiger charge is -2.28. The van der Waals surface area contributed by atoms with Gasteiger partial charge in [0.1, 0.15) is 5.82 Å². The molecule has 6 heteroatoms. The van der Waals surface area contributed by atoms with Gasteiger partial charge in [-0.3, -0.25) is 0 Å². The standard InChI is InChI=1S/C20H20FNO2S2/c1-14-13-19(15(2)25-14)26(23,24)22(3)20(16-7-5-4-6-8-16)17-9-11-18(21)12-10-17/h4-13,20H,1-3H3. The maximum absolute atomic E-state index is 13.4. The molecule has 136 valence electrons. The Balaban J connectivity index is 2.12. The SMILES string of the molecule is Cc1cc(S(=O)(=O)N(C)C(c2ccccc2)c2ccc(F)cc2)c(C)s1. The number of aryl methyl sites for hydroxylation is 2. The summed E-state index contributed by atoms with van der Waals surface area (Å²) in [6.45, 7) is 3.71. The lowest BCUT2D eigenvalue weighted by molar-refractivity contribution is 0.417. The van der Waals surface area contributed by atoms with Gasteiger partial charge >= 0.3 is 0 Å². The van der Waals surface area contributed by atoms with E-state index >= 15 is 0 Å². The third-order valence-electron chi connectivity index (χ3n) is 4.32. The van der Waals surface area contributed by atoms with Crippen LogP contribution in [-0.4, -0.2) is 19.8 Å². The van der Waals surface area contributed by atoms with Gasteiger partial charge in [0, 0.05) is 16.8 Å². The number of nitrogens with zero attached hydrogens (tertiary/aromatic N) is 1. The average Bonchev–Trinajstić information content (AvgIpc) is 2.97. The van der Waals surface area contributed by atoms with Crippen molar-refractivity contribution in [2.24, 2.45) is 0 Å². The Morgan fingerprint density at radius 3 is 2.08 bits per heavy atom. The van der Waals surface area contributed by atoms with Crippen LogP contribution in [-0.2, 0) is 10.0 Å². The normalized spacial score (nSPS) is 13.1. The lowest BCUT2D eigenvalue weighted by Crippen LogP contribution is -2.32. The van der Waals surface area contributed by atoms with Crippen molar-refractivity contribution in [2.45, 2.75) is 24.8 Å². The van der Waals surface area contributed by atoms with E-state index in [4.69, 9.17) is 0 Å². The first-order valence-corrected chi connectivity index (χ1v) is 10.4. The van der Waals surface area contributed by atoms with Crippen LogP contribution in [0.25, 0.3) is 0 Å². The van der Waals surface area contributed by atoms with Crippen molar-refractivity contribution in [1.29, 1.82) is 0 Å². The predicted octanol–water partition coefficient (Wildman–Crippen LogP) is 4.91. The molecule has 1 aromatic heterocycles. The summed E-state index contributed by atoms with van der Waals surface area (Å²) in [5.74, 6) is -0.352. The Hall–Kier alpha value is -2.02. The Bertz CT molecular complexity index is 996. The van der Waals surface area contributed by atoms with E-state index in [1.165, 1.54) is 27.8 Å². The van der Waals surface area contributed by atoms with Gasteiger partial charge in [-0.05, 0) is 43.2 Å². The Labute approximate surface area is 157 Å². The first kappa shape index (κ1) is 18.8. The van der Waals surface area contributed by atoms with Gasteiger partial charge < -0.3 is 0 Å². The molecule has 0 fully saturated rings.